The Morgan fingerprint density at radius 1 is 1.43 bits per heavy atom. The molecule has 21 heavy (non-hydrogen) atoms. The van der Waals surface area contributed by atoms with Crippen molar-refractivity contribution in [3.8, 4) is 0 Å². The summed E-state index contributed by atoms with van der Waals surface area (Å²) in [5.74, 6) is -0.318. The second kappa shape index (κ2) is 6.80. The highest BCUT2D eigenvalue weighted by atomic mass is 16.5. The molecule has 0 atom stereocenters. The summed E-state index contributed by atoms with van der Waals surface area (Å²) in [4.78, 5) is 11.8. The summed E-state index contributed by atoms with van der Waals surface area (Å²) in [6.07, 6.45) is 3.47. The third-order valence-corrected chi connectivity index (χ3v) is 4.01. The van der Waals surface area contributed by atoms with Crippen LogP contribution in [0.15, 0.2) is 18.2 Å². The van der Waals surface area contributed by atoms with Crippen LogP contribution in [0.25, 0.3) is 0 Å². The van der Waals surface area contributed by atoms with Gasteiger partial charge in [-0.05, 0) is 49.8 Å². The van der Waals surface area contributed by atoms with Gasteiger partial charge >= 0.3 is 5.97 Å². The number of hydrogen-bond donors (Lipinski definition) is 2. The van der Waals surface area contributed by atoms with E-state index in [2.05, 4.69) is 5.32 Å². The Morgan fingerprint density at radius 3 is 2.81 bits per heavy atom. The molecule has 0 spiro atoms. The van der Waals surface area contributed by atoms with Gasteiger partial charge < -0.3 is 20.5 Å². The van der Waals surface area contributed by atoms with Crippen molar-refractivity contribution in [2.45, 2.75) is 26.2 Å². The maximum absolute atomic E-state index is 11.8. The number of nitrogens with one attached hydrogen (secondary N) is 1. The number of rotatable bonds is 8. The molecule has 1 aliphatic rings. The maximum Gasteiger partial charge on any atom is 0.338 e. The predicted octanol–water partition coefficient (Wildman–Crippen LogP) is 2.67. The van der Waals surface area contributed by atoms with E-state index in [1.807, 2.05) is 0 Å². The van der Waals surface area contributed by atoms with E-state index in [9.17, 15) is 4.79 Å². The SMILES string of the molecule is CCOC(=O)c1ccc(N)c(NCC2(CCOC)CC2)c1. The molecule has 2 rings (SSSR count). The number of ether oxygens (including phenoxy) is 2. The summed E-state index contributed by atoms with van der Waals surface area (Å²) in [6.45, 7) is 3.79. The van der Waals surface area contributed by atoms with Gasteiger partial charge in [-0.2, -0.15) is 0 Å². The largest absolute Gasteiger partial charge is 0.462 e. The highest BCUT2D eigenvalue weighted by molar-refractivity contribution is 5.92. The molecular weight excluding hydrogens is 268 g/mol. The van der Waals surface area contributed by atoms with Crippen LogP contribution in [0, 0.1) is 5.41 Å². The van der Waals surface area contributed by atoms with E-state index in [0.717, 1.165) is 25.3 Å². The molecule has 0 aromatic heterocycles. The van der Waals surface area contributed by atoms with Crippen LogP contribution in [0.4, 0.5) is 11.4 Å². The minimum absolute atomic E-state index is 0.318. The van der Waals surface area contributed by atoms with Crippen LogP contribution >= 0.6 is 0 Å². The van der Waals surface area contributed by atoms with Crippen LogP contribution < -0.4 is 11.1 Å². The molecular formula is C16H24N2O3. The number of nitrogens with two attached hydrogens (primary N) is 1. The van der Waals surface area contributed by atoms with Crippen molar-refractivity contribution >= 4 is 17.3 Å². The number of benzene rings is 1. The third kappa shape index (κ3) is 4.11. The van der Waals surface area contributed by atoms with Crippen molar-refractivity contribution in [2.75, 3.05) is 37.9 Å². The van der Waals surface area contributed by atoms with Gasteiger partial charge in [0.1, 0.15) is 0 Å². The fourth-order valence-electron chi connectivity index (χ4n) is 2.34. The first kappa shape index (κ1) is 15.6. The predicted molar refractivity (Wildman–Crippen MR) is 83.5 cm³/mol. The molecule has 0 unspecified atom stereocenters. The normalized spacial score (nSPS) is 15.5. The molecule has 0 saturated heterocycles. The topological polar surface area (TPSA) is 73.6 Å². The van der Waals surface area contributed by atoms with Gasteiger partial charge in [0.15, 0.2) is 0 Å². The molecule has 0 aliphatic heterocycles. The average molecular weight is 292 g/mol. The van der Waals surface area contributed by atoms with Crippen molar-refractivity contribution in [1.82, 2.24) is 0 Å². The zero-order chi connectivity index (χ0) is 15.3. The molecule has 0 heterocycles. The maximum atomic E-state index is 11.8. The second-order valence-corrected chi connectivity index (χ2v) is 5.62. The Kier molecular flexibility index (Phi) is 5.07. The van der Waals surface area contributed by atoms with E-state index in [4.69, 9.17) is 15.2 Å². The molecule has 5 nitrogen and oxygen atoms in total. The number of hydrogen-bond acceptors (Lipinski definition) is 5. The lowest BCUT2D eigenvalue weighted by atomic mass is 10.0. The van der Waals surface area contributed by atoms with E-state index in [-0.39, 0.29) is 5.97 Å². The Bertz CT molecular complexity index is 498. The van der Waals surface area contributed by atoms with Crippen LogP contribution in [0.5, 0.6) is 0 Å². The lowest BCUT2D eigenvalue weighted by Gasteiger charge is -2.18. The summed E-state index contributed by atoms with van der Waals surface area (Å²) in [6, 6.07) is 5.19. The quantitative estimate of drug-likeness (QED) is 0.569. The zero-order valence-electron chi connectivity index (χ0n) is 12.8. The summed E-state index contributed by atoms with van der Waals surface area (Å²) >= 11 is 0. The van der Waals surface area contributed by atoms with E-state index in [0.29, 0.717) is 23.3 Å². The van der Waals surface area contributed by atoms with Crippen molar-refractivity contribution in [3.63, 3.8) is 0 Å². The number of nitrogen functional groups attached to an aromatic ring is 1. The van der Waals surface area contributed by atoms with Gasteiger partial charge in [-0.3, -0.25) is 0 Å². The molecule has 0 radical (unpaired) electrons. The molecule has 1 saturated carbocycles. The van der Waals surface area contributed by atoms with Gasteiger partial charge in [-0.25, -0.2) is 4.79 Å². The van der Waals surface area contributed by atoms with Crippen molar-refractivity contribution in [1.29, 1.82) is 0 Å². The van der Waals surface area contributed by atoms with Crippen molar-refractivity contribution in [3.05, 3.63) is 23.8 Å². The van der Waals surface area contributed by atoms with Gasteiger partial charge in [0.2, 0.25) is 0 Å². The molecule has 1 aromatic rings. The van der Waals surface area contributed by atoms with E-state index in [1.54, 1.807) is 32.2 Å². The summed E-state index contributed by atoms with van der Waals surface area (Å²) < 4.78 is 10.2. The summed E-state index contributed by atoms with van der Waals surface area (Å²) in [5, 5.41) is 3.37. The van der Waals surface area contributed by atoms with Crippen LogP contribution in [0.1, 0.15) is 36.5 Å². The van der Waals surface area contributed by atoms with Gasteiger partial charge in [0.25, 0.3) is 0 Å². The summed E-state index contributed by atoms with van der Waals surface area (Å²) in [7, 11) is 1.73. The minimum Gasteiger partial charge on any atom is -0.462 e. The Morgan fingerprint density at radius 2 is 2.19 bits per heavy atom. The van der Waals surface area contributed by atoms with E-state index < -0.39 is 0 Å². The Balaban J connectivity index is 1.99. The lowest BCUT2D eigenvalue weighted by Crippen LogP contribution is -2.18. The molecule has 3 N–H and O–H groups in total. The van der Waals surface area contributed by atoms with Gasteiger partial charge in [-0.15, -0.1) is 0 Å². The van der Waals surface area contributed by atoms with Crippen LogP contribution in [-0.4, -0.2) is 32.8 Å². The molecule has 0 amide bonds. The smallest absolute Gasteiger partial charge is 0.338 e. The first-order valence-electron chi connectivity index (χ1n) is 7.40. The van der Waals surface area contributed by atoms with Crippen molar-refractivity contribution < 1.29 is 14.3 Å². The third-order valence-electron chi connectivity index (χ3n) is 4.01. The number of carbonyl (C=O) groups excluding carboxylic acids is 1. The first-order valence-corrected chi connectivity index (χ1v) is 7.40. The molecule has 1 aliphatic carbocycles. The minimum atomic E-state index is -0.318. The highest BCUT2D eigenvalue weighted by Gasteiger charge is 2.41. The molecule has 5 heteroatoms. The van der Waals surface area contributed by atoms with Crippen LogP contribution in [0.2, 0.25) is 0 Å². The van der Waals surface area contributed by atoms with Crippen molar-refractivity contribution in [2.24, 2.45) is 5.41 Å². The number of esters is 1. The summed E-state index contributed by atoms with van der Waals surface area (Å²) in [5.41, 5.74) is 8.26. The molecule has 0 bridgehead atoms. The lowest BCUT2D eigenvalue weighted by molar-refractivity contribution is 0.0526. The van der Waals surface area contributed by atoms with Crippen LogP contribution in [-0.2, 0) is 9.47 Å². The number of carbonyl (C=O) groups is 1. The molecule has 116 valence electrons. The Labute approximate surface area is 125 Å². The van der Waals surface area contributed by atoms with Crippen LogP contribution in [0.3, 0.4) is 0 Å². The second-order valence-electron chi connectivity index (χ2n) is 5.62. The number of methoxy groups -OCH3 is 1. The van der Waals surface area contributed by atoms with E-state index >= 15 is 0 Å². The Hall–Kier alpha value is -1.75. The van der Waals surface area contributed by atoms with Gasteiger partial charge in [-0.1, -0.05) is 0 Å². The van der Waals surface area contributed by atoms with E-state index in [1.165, 1.54) is 12.8 Å². The first-order chi connectivity index (χ1) is 10.1. The molecule has 1 aromatic carbocycles. The monoisotopic (exact) mass is 292 g/mol. The standard InChI is InChI=1S/C16H24N2O3/c1-3-21-15(19)12-4-5-13(17)14(10-12)18-11-16(6-7-16)8-9-20-2/h4-5,10,18H,3,6-9,11,17H2,1-2H3. The fraction of sp³-hybridized carbons (Fsp3) is 0.562. The molecule has 1 fully saturated rings. The average Bonchev–Trinajstić information content (AvgIpc) is 3.25. The number of anilines is 2. The van der Waals surface area contributed by atoms with Gasteiger partial charge in [0, 0.05) is 20.3 Å². The highest BCUT2D eigenvalue weighted by Crippen LogP contribution is 2.48. The zero-order valence-corrected chi connectivity index (χ0v) is 12.8. The fourth-order valence-corrected chi connectivity index (χ4v) is 2.34. The van der Waals surface area contributed by atoms with Gasteiger partial charge in [0.05, 0.1) is 23.5 Å².